The molecule has 13 heteroatoms. The molecule has 158 valence electrons. The van der Waals surface area contributed by atoms with E-state index in [1.165, 1.54) is 19.2 Å². The molecule has 1 saturated carbocycles. The van der Waals surface area contributed by atoms with Crippen LogP contribution in [0.1, 0.15) is 30.1 Å². The van der Waals surface area contributed by atoms with Crippen LogP contribution >= 0.6 is 11.6 Å². The predicted molar refractivity (Wildman–Crippen MR) is 93.4 cm³/mol. The van der Waals surface area contributed by atoms with Crippen molar-refractivity contribution in [3.8, 4) is 5.75 Å². The number of aromatic nitrogens is 1. The first-order valence-corrected chi connectivity index (χ1v) is 9.95. The number of alkyl halides is 3. The van der Waals surface area contributed by atoms with E-state index in [-0.39, 0.29) is 26.8 Å². The molecule has 1 amide bonds. The van der Waals surface area contributed by atoms with Crippen LogP contribution in [0.3, 0.4) is 0 Å². The maximum Gasteiger partial charge on any atom is 0.511 e. The average molecular weight is 446 g/mol. The average Bonchev–Trinajstić information content (AvgIpc) is 3.41. The van der Waals surface area contributed by atoms with E-state index in [1.54, 1.807) is 0 Å². The Morgan fingerprint density at radius 2 is 2.11 bits per heavy atom. The zero-order chi connectivity index (χ0) is 21.1. The van der Waals surface area contributed by atoms with Crippen molar-refractivity contribution in [2.75, 3.05) is 20.4 Å². The molecule has 0 bridgehead atoms. The highest BCUT2D eigenvalue weighted by atomic mass is 35.5. The molecule has 8 nitrogen and oxygen atoms in total. The minimum Gasteiger partial charge on any atom is -0.490 e. The largest absolute Gasteiger partial charge is 0.511 e. The molecule has 2 rings (SSSR count). The summed E-state index contributed by atoms with van der Waals surface area (Å²) in [4.78, 5) is 15.9. The van der Waals surface area contributed by atoms with Gasteiger partial charge in [0.05, 0.1) is 17.8 Å². The number of sulfonamides is 1. The number of hydrogen-bond donors (Lipinski definition) is 1. The fraction of sp³-hybridized carbons (Fsp3) is 0.600. The number of hydrogen-bond acceptors (Lipinski definition) is 6. The van der Waals surface area contributed by atoms with Crippen molar-refractivity contribution in [1.29, 1.82) is 0 Å². The number of rotatable bonds is 9. The van der Waals surface area contributed by atoms with Crippen LogP contribution in [0.5, 0.6) is 5.75 Å². The van der Waals surface area contributed by atoms with Crippen LogP contribution in [-0.2, 0) is 14.8 Å². The Kier molecular flexibility index (Phi) is 7.12. The van der Waals surface area contributed by atoms with E-state index in [9.17, 15) is 26.4 Å². The molecule has 1 aromatic heterocycles. The molecule has 1 atom stereocenters. The molecule has 0 unspecified atom stereocenters. The van der Waals surface area contributed by atoms with E-state index in [0.717, 1.165) is 20.0 Å². The number of nitrogens with zero attached hydrogens (tertiary/aromatic N) is 2. The first kappa shape index (κ1) is 22.7. The lowest BCUT2D eigenvalue weighted by atomic mass is 10.2. The van der Waals surface area contributed by atoms with Crippen molar-refractivity contribution in [2.24, 2.45) is 0 Å². The normalized spacial score (nSPS) is 16.1. The standard InChI is InChI=1S/C15H19ClF3N3O5S/c1-9(22(8-26-2)28(24,25)15(17,18)19)7-27-11-5-12(13(16)20-6-11)14(23)21-10-3-4-10/h5-6,9-10H,3-4,7-8H2,1-2H3,(H,21,23)/t9-/m0/s1. The lowest BCUT2D eigenvalue weighted by molar-refractivity contribution is -0.0546. The molecule has 1 aliphatic carbocycles. The zero-order valence-electron chi connectivity index (χ0n) is 15.0. The van der Waals surface area contributed by atoms with E-state index in [1.807, 2.05) is 0 Å². The first-order chi connectivity index (χ1) is 13.0. The predicted octanol–water partition coefficient (Wildman–Crippen LogP) is 2.15. The Hall–Kier alpha value is -1.63. The molecular formula is C15H19ClF3N3O5S. The lowest BCUT2D eigenvalue weighted by Gasteiger charge is -2.28. The second-order valence-corrected chi connectivity index (χ2v) is 8.41. The minimum atomic E-state index is -5.61. The Bertz CT molecular complexity index is 818. The number of amides is 1. The number of ether oxygens (including phenoxy) is 2. The van der Waals surface area contributed by atoms with Gasteiger partial charge in [-0.1, -0.05) is 11.6 Å². The Balaban J connectivity index is 2.09. The second kappa shape index (κ2) is 8.80. The molecule has 28 heavy (non-hydrogen) atoms. The summed E-state index contributed by atoms with van der Waals surface area (Å²) < 4.78 is 71.9. The highest BCUT2D eigenvalue weighted by molar-refractivity contribution is 7.90. The molecule has 1 aromatic rings. The molecule has 0 aromatic carbocycles. The van der Waals surface area contributed by atoms with E-state index >= 15 is 0 Å². The van der Waals surface area contributed by atoms with E-state index in [0.29, 0.717) is 0 Å². The van der Waals surface area contributed by atoms with Gasteiger partial charge >= 0.3 is 15.5 Å². The summed E-state index contributed by atoms with van der Waals surface area (Å²) in [6.45, 7) is -0.0156. The summed E-state index contributed by atoms with van der Waals surface area (Å²) >= 11 is 5.90. The monoisotopic (exact) mass is 445 g/mol. The number of carbonyl (C=O) groups excluding carboxylic acids is 1. The van der Waals surface area contributed by atoms with Gasteiger partial charge in [-0.15, -0.1) is 0 Å². The van der Waals surface area contributed by atoms with Crippen molar-refractivity contribution in [2.45, 2.75) is 37.4 Å². The fourth-order valence-corrected chi connectivity index (χ4v) is 3.39. The number of pyridine rings is 1. The zero-order valence-corrected chi connectivity index (χ0v) is 16.6. The number of halogens is 4. The van der Waals surface area contributed by atoms with Crippen LogP contribution < -0.4 is 10.1 Å². The Labute approximate surface area is 165 Å². The number of nitrogens with one attached hydrogen (secondary N) is 1. The highest BCUT2D eigenvalue weighted by Crippen LogP contribution is 2.28. The van der Waals surface area contributed by atoms with E-state index < -0.39 is 40.8 Å². The van der Waals surface area contributed by atoms with Gasteiger partial charge in [0.1, 0.15) is 24.2 Å². The van der Waals surface area contributed by atoms with Crippen LogP contribution in [0.15, 0.2) is 12.3 Å². The number of methoxy groups -OCH3 is 1. The third-order valence-electron chi connectivity index (χ3n) is 3.81. The van der Waals surface area contributed by atoms with Crippen molar-refractivity contribution in [1.82, 2.24) is 14.6 Å². The van der Waals surface area contributed by atoms with Gasteiger partial charge in [-0.2, -0.15) is 17.5 Å². The summed E-state index contributed by atoms with van der Waals surface area (Å²) in [5.74, 6) is -0.391. The molecule has 0 saturated heterocycles. The van der Waals surface area contributed by atoms with Crippen LogP contribution in [0.4, 0.5) is 13.2 Å². The summed E-state index contributed by atoms with van der Waals surface area (Å²) in [7, 11) is -4.54. The molecule has 1 fully saturated rings. The summed E-state index contributed by atoms with van der Waals surface area (Å²) in [5, 5.41) is 2.67. The van der Waals surface area contributed by atoms with Crippen LogP contribution in [0.25, 0.3) is 0 Å². The SMILES string of the molecule is COCN([C@@H](C)COc1cnc(Cl)c(C(=O)NC2CC2)c1)S(=O)(=O)C(F)(F)F. The third kappa shape index (κ3) is 5.46. The molecule has 0 radical (unpaired) electrons. The van der Waals surface area contributed by atoms with Crippen LogP contribution in [0.2, 0.25) is 5.15 Å². The summed E-state index contributed by atoms with van der Waals surface area (Å²) in [5.41, 5.74) is -5.43. The van der Waals surface area contributed by atoms with Crippen molar-refractivity contribution in [3.05, 3.63) is 23.0 Å². The summed E-state index contributed by atoms with van der Waals surface area (Å²) in [6.07, 6.45) is 2.92. The lowest BCUT2D eigenvalue weighted by Crippen LogP contribution is -2.48. The molecule has 1 N–H and O–H groups in total. The maximum atomic E-state index is 12.8. The quantitative estimate of drug-likeness (QED) is 0.462. The molecule has 1 heterocycles. The maximum absolute atomic E-state index is 12.8. The topological polar surface area (TPSA) is 97.8 Å². The molecule has 1 aliphatic rings. The van der Waals surface area contributed by atoms with Crippen molar-refractivity contribution >= 4 is 27.5 Å². The van der Waals surface area contributed by atoms with Gasteiger partial charge in [0, 0.05) is 13.2 Å². The smallest absolute Gasteiger partial charge is 0.490 e. The van der Waals surface area contributed by atoms with E-state index in [2.05, 4.69) is 15.0 Å². The van der Waals surface area contributed by atoms with Gasteiger partial charge in [0.2, 0.25) is 0 Å². The van der Waals surface area contributed by atoms with Gasteiger partial charge in [-0.25, -0.2) is 13.4 Å². The first-order valence-electron chi connectivity index (χ1n) is 8.13. The van der Waals surface area contributed by atoms with Gasteiger partial charge in [-0.05, 0) is 25.8 Å². The van der Waals surface area contributed by atoms with Gasteiger partial charge < -0.3 is 14.8 Å². The molecular weight excluding hydrogens is 427 g/mol. The number of carbonyl (C=O) groups is 1. The van der Waals surface area contributed by atoms with Gasteiger partial charge in [-0.3, -0.25) is 4.79 Å². The Morgan fingerprint density at radius 3 is 2.64 bits per heavy atom. The van der Waals surface area contributed by atoms with Crippen molar-refractivity contribution < 1.29 is 35.9 Å². The minimum absolute atomic E-state index is 0.0513. The van der Waals surface area contributed by atoms with E-state index in [4.69, 9.17) is 16.3 Å². The van der Waals surface area contributed by atoms with Crippen molar-refractivity contribution in [3.63, 3.8) is 0 Å². The van der Waals surface area contributed by atoms with Gasteiger partial charge in [0.15, 0.2) is 0 Å². The molecule has 0 spiro atoms. The second-order valence-electron chi connectivity index (χ2n) is 6.17. The Morgan fingerprint density at radius 1 is 1.46 bits per heavy atom. The third-order valence-corrected chi connectivity index (χ3v) is 5.78. The van der Waals surface area contributed by atoms with Gasteiger partial charge in [0.25, 0.3) is 5.91 Å². The van der Waals surface area contributed by atoms with Crippen LogP contribution in [0, 0.1) is 0 Å². The van der Waals surface area contributed by atoms with Crippen LogP contribution in [-0.4, -0.2) is 61.7 Å². The summed E-state index contributed by atoms with van der Waals surface area (Å²) in [6, 6.07) is 0.160. The highest BCUT2D eigenvalue weighted by Gasteiger charge is 2.51. The fourth-order valence-electron chi connectivity index (χ4n) is 2.15. The molecule has 0 aliphatic heterocycles.